The molecular formula is C17H17ClN2O4. The molecule has 1 atom stereocenters. The van der Waals surface area contributed by atoms with Gasteiger partial charge in [0.15, 0.2) is 6.10 Å². The van der Waals surface area contributed by atoms with Gasteiger partial charge in [-0.3, -0.25) is 14.9 Å². The van der Waals surface area contributed by atoms with E-state index >= 15 is 0 Å². The maximum Gasteiger partial charge on any atom is 0.271 e. The standard InChI is InChI=1S/C17H17ClN2O4/c1-3-12-9-15(7-8-16(12)18)24-11(2)17(21)19-13-5-4-6-14(10-13)20(22)23/h4-11H,3H2,1-2H3,(H,19,21). The van der Waals surface area contributed by atoms with E-state index in [-0.39, 0.29) is 5.69 Å². The number of nitrogens with zero attached hydrogens (tertiary/aromatic N) is 1. The second kappa shape index (κ2) is 7.79. The molecule has 1 N–H and O–H groups in total. The predicted octanol–water partition coefficient (Wildman–Crippen LogP) is 4.22. The summed E-state index contributed by atoms with van der Waals surface area (Å²) < 4.78 is 5.62. The minimum Gasteiger partial charge on any atom is -0.481 e. The first-order chi connectivity index (χ1) is 11.4. The fourth-order valence-electron chi connectivity index (χ4n) is 2.09. The number of hydrogen-bond donors (Lipinski definition) is 1. The van der Waals surface area contributed by atoms with E-state index in [4.69, 9.17) is 16.3 Å². The van der Waals surface area contributed by atoms with Gasteiger partial charge in [-0.1, -0.05) is 24.6 Å². The average Bonchev–Trinajstić information content (AvgIpc) is 2.56. The van der Waals surface area contributed by atoms with Crippen LogP contribution in [-0.2, 0) is 11.2 Å². The van der Waals surface area contributed by atoms with Crippen LogP contribution in [0, 0.1) is 10.1 Å². The number of anilines is 1. The Morgan fingerprint density at radius 2 is 2.08 bits per heavy atom. The van der Waals surface area contributed by atoms with Crippen LogP contribution < -0.4 is 10.1 Å². The van der Waals surface area contributed by atoms with Crippen molar-refractivity contribution in [1.29, 1.82) is 0 Å². The molecule has 1 amide bonds. The quantitative estimate of drug-likeness (QED) is 0.626. The van der Waals surface area contributed by atoms with Crippen LogP contribution in [0.25, 0.3) is 0 Å². The smallest absolute Gasteiger partial charge is 0.271 e. The first kappa shape index (κ1) is 17.7. The Morgan fingerprint density at radius 1 is 1.33 bits per heavy atom. The molecule has 0 bridgehead atoms. The molecule has 0 fully saturated rings. The topological polar surface area (TPSA) is 81.5 Å². The van der Waals surface area contributed by atoms with Crippen molar-refractivity contribution in [3.63, 3.8) is 0 Å². The minimum atomic E-state index is -0.768. The SMILES string of the molecule is CCc1cc(OC(C)C(=O)Nc2cccc([N+](=O)[O-])c2)ccc1Cl. The molecule has 1 unspecified atom stereocenters. The number of rotatable bonds is 6. The molecule has 0 aliphatic rings. The lowest BCUT2D eigenvalue weighted by molar-refractivity contribution is -0.384. The van der Waals surface area contributed by atoms with Crippen molar-refractivity contribution < 1.29 is 14.5 Å². The van der Waals surface area contributed by atoms with E-state index < -0.39 is 16.9 Å². The number of nitro groups is 1. The summed E-state index contributed by atoms with van der Waals surface area (Å²) in [5.41, 5.74) is 1.18. The summed E-state index contributed by atoms with van der Waals surface area (Å²) in [7, 11) is 0. The third-order valence-electron chi connectivity index (χ3n) is 3.40. The largest absolute Gasteiger partial charge is 0.481 e. The fraction of sp³-hybridized carbons (Fsp3) is 0.235. The first-order valence-electron chi connectivity index (χ1n) is 7.41. The lowest BCUT2D eigenvalue weighted by Crippen LogP contribution is -2.30. The van der Waals surface area contributed by atoms with E-state index in [1.165, 1.54) is 18.2 Å². The van der Waals surface area contributed by atoms with Gasteiger partial charge in [0.05, 0.1) is 4.92 Å². The Kier molecular flexibility index (Phi) is 5.76. The van der Waals surface area contributed by atoms with Gasteiger partial charge >= 0.3 is 0 Å². The van der Waals surface area contributed by atoms with Gasteiger partial charge in [-0.05, 0) is 43.2 Å². The third kappa shape index (κ3) is 4.45. The molecule has 7 heteroatoms. The molecule has 0 heterocycles. The van der Waals surface area contributed by atoms with Gasteiger partial charge < -0.3 is 10.1 Å². The second-order valence-electron chi connectivity index (χ2n) is 5.16. The highest BCUT2D eigenvalue weighted by atomic mass is 35.5. The Hall–Kier alpha value is -2.60. The number of carbonyl (C=O) groups excluding carboxylic acids is 1. The van der Waals surface area contributed by atoms with Crippen molar-refractivity contribution in [2.75, 3.05) is 5.32 Å². The Labute approximate surface area is 144 Å². The van der Waals surface area contributed by atoms with E-state index in [2.05, 4.69) is 5.32 Å². The van der Waals surface area contributed by atoms with Gasteiger partial charge in [0.25, 0.3) is 11.6 Å². The molecule has 0 aliphatic carbocycles. The van der Waals surface area contributed by atoms with Crippen LogP contribution in [0.15, 0.2) is 42.5 Å². The van der Waals surface area contributed by atoms with Crippen LogP contribution in [0.5, 0.6) is 5.75 Å². The summed E-state index contributed by atoms with van der Waals surface area (Å²) in [6.07, 6.45) is -0.0141. The zero-order valence-electron chi connectivity index (χ0n) is 13.3. The molecule has 24 heavy (non-hydrogen) atoms. The van der Waals surface area contributed by atoms with Gasteiger partial charge in [-0.15, -0.1) is 0 Å². The monoisotopic (exact) mass is 348 g/mol. The van der Waals surface area contributed by atoms with Gasteiger partial charge in [-0.25, -0.2) is 0 Å². The first-order valence-corrected chi connectivity index (χ1v) is 7.79. The van der Waals surface area contributed by atoms with Gasteiger partial charge in [0, 0.05) is 22.8 Å². The lowest BCUT2D eigenvalue weighted by Gasteiger charge is -2.15. The summed E-state index contributed by atoms with van der Waals surface area (Å²) in [6, 6.07) is 10.9. The normalized spacial score (nSPS) is 11.6. The van der Waals surface area contributed by atoms with E-state index in [1.807, 2.05) is 6.92 Å². The number of non-ortho nitro benzene ring substituents is 1. The number of nitrogens with one attached hydrogen (secondary N) is 1. The Balaban J connectivity index is 2.04. The van der Waals surface area contributed by atoms with Crippen LogP contribution >= 0.6 is 11.6 Å². The van der Waals surface area contributed by atoms with Crippen molar-refractivity contribution in [1.82, 2.24) is 0 Å². The predicted molar refractivity (Wildman–Crippen MR) is 92.6 cm³/mol. The maximum atomic E-state index is 12.2. The summed E-state index contributed by atoms with van der Waals surface area (Å²) in [6.45, 7) is 3.58. The Morgan fingerprint density at radius 3 is 2.75 bits per heavy atom. The zero-order valence-corrected chi connectivity index (χ0v) is 14.0. The van der Waals surface area contributed by atoms with Gasteiger partial charge in [0.1, 0.15) is 5.75 Å². The molecule has 2 rings (SSSR count). The second-order valence-corrected chi connectivity index (χ2v) is 5.57. The van der Waals surface area contributed by atoms with Crippen LogP contribution in [0.4, 0.5) is 11.4 Å². The number of aryl methyl sites for hydroxylation is 1. The fourth-order valence-corrected chi connectivity index (χ4v) is 2.35. The molecule has 126 valence electrons. The van der Waals surface area contributed by atoms with Gasteiger partial charge in [0.2, 0.25) is 0 Å². The summed E-state index contributed by atoms with van der Waals surface area (Å²) in [5, 5.41) is 14.0. The lowest BCUT2D eigenvalue weighted by atomic mass is 10.1. The van der Waals surface area contributed by atoms with Crippen molar-refractivity contribution >= 4 is 28.9 Å². The zero-order chi connectivity index (χ0) is 17.7. The van der Waals surface area contributed by atoms with E-state index in [0.29, 0.717) is 16.5 Å². The number of benzene rings is 2. The summed E-state index contributed by atoms with van der Waals surface area (Å²) in [5.74, 6) is 0.140. The van der Waals surface area contributed by atoms with Crippen molar-refractivity contribution in [2.45, 2.75) is 26.4 Å². The van der Waals surface area contributed by atoms with Crippen molar-refractivity contribution in [3.8, 4) is 5.75 Å². The third-order valence-corrected chi connectivity index (χ3v) is 3.77. The van der Waals surface area contributed by atoms with Crippen LogP contribution in [-0.4, -0.2) is 16.9 Å². The van der Waals surface area contributed by atoms with Gasteiger partial charge in [-0.2, -0.15) is 0 Å². The summed E-state index contributed by atoms with van der Waals surface area (Å²) in [4.78, 5) is 22.4. The van der Waals surface area contributed by atoms with Crippen LogP contribution in [0.2, 0.25) is 5.02 Å². The molecule has 0 saturated carbocycles. The molecular weight excluding hydrogens is 332 g/mol. The highest BCUT2D eigenvalue weighted by Crippen LogP contribution is 2.23. The number of halogens is 1. The number of ether oxygens (including phenoxy) is 1. The number of amides is 1. The van der Waals surface area contributed by atoms with E-state index in [0.717, 1.165) is 12.0 Å². The number of nitro benzene ring substituents is 1. The molecule has 0 saturated heterocycles. The van der Waals surface area contributed by atoms with Crippen molar-refractivity contribution in [3.05, 3.63) is 63.2 Å². The highest BCUT2D eigenvalue weighted by Gasteiger charge is 2.16. The molecule has 2 aromatic rings. The van der Waals surface area contributed by atoms with Crippen LogP contribution in [0.3, 0.4) is 0 Å². The molecule has 0 spiro atoms. The number of hydrogen-bond acceptors (Lipinski definition) is 4. The molecule has 6 nitrogen and oxygen atoms in total. The molecule has 0 radical (unpaired) electrons. The van der Waals surface area contributed by atoms with E-state index in [9.17, 15) is 14.9 Å². The summed E-state index contributed by atoms with van der Waals surface area (Å²) >= 11 is 6.05. The average molecular weight is 349 g/mol. The van der Waals surface area contributed by atoms with Crippen LogP contribution in [0.1, 0.15) is 19.4 Å². The maximum absolute atomic E-state index is 12.2. The highest BCUT2D eigenvalue weighted by molar-refractivity contribution is 6.31. The Bertz CT molecular complexity index is 764. The molecule has 0 aliphatic heterocycles. The molecule has 0 aromatic heterocycles. The number of carbonyl (C=O) groups is 1. The van der Waals surface area contributed by atoms with Crippen molar-refractivity contribution in [2.24, 2.45) is 0 Å². The minimum absolute atomic E-state index is 0.0911. The van der Waals surface area contributed by atoms with E-state index in [1.54, 1.807) is 31.2 Å². The molecule has 2 aromatic carbocycles.